The van der Waals surface area contributed by atoms with Crippen LogP contribution >= 0.6 is 0 Å². The van der Waals surface area contributed by atoms with E-state index in [2.05, 4.69) is 64.1 Å². The molecule has 0 fully saturated rings. The lowest BCUT2D eigenvalue weighted by Crippen LogP contribution is -2.11. The van der Waals surface area contributed by atoms with E-state index in [1.165, 1.54) is 5.56 Å². The summed E-state index contributed by atoms with van der Waals surface area (Å²) in [6.45, 7) is 0.692. The fraction of sp³-hybridized carbons (Fsp3) is 0.0882. The second kappa shape index (κ2) is 11.2. The quantitative estimate of drug-likeness (QED) is 0.237. The highest BCUT2D eigenvalue weighted by Crippen LogP contribution is 2.32. The molecule has 0 bridgehead atoms. The number of fused-ring (bicyclic) bond motifs is 1. The van der Waals surface area contributed by atoms with Gasteiger partial charge in [0, 0.05) is 47.2 Å². The van der Waals surface area contributed by atoms with Crippen molar-refractivity contribution >= 4 is 28.7 Å². The van der Waals surface area contributed by atoms with Gasteiger partial charge in [-0.25, -0.2) is 0 Å². The van der Waals surface area contributed by atoms with Crippen LogP contribution in [0.15, 0.2) is 127 Å². The molecule has 2 N–H and O–H groups in total. The van der Waals surface area contributed by atoms with E-state index in [-0.39, 0.29) is 5.91 Å². The molecule has 0 atom stereocenters. The molecule has 0 saturated carbocycles. The van der Waals surface area contributed by atoms with E-state index in [1.54, 1.807) is 18.3 Å². The molecule has 6 rings (SSSR count). The predicted octanol–water partition coefficient (Wildman–Crippen LogP) is 7.68. The van der Waals surface area contributed by atoms with Gasteiger partial charge in [0.1, 0.15) is 0 Å². The number of nitrogens with one attached hydrogen (secondary N) is 2. The topological polar surface area (TPSA) is 66.4 Å². The number of aromatic nitrogens is 1. The number of hydrogen-bond donors (Lipinski definition) is 2. The first kappa shape index (κ1) is 24.3. The van der Waals surface area contributed by atoms with Crippen LogP contribution < -0.4 is 10.6 Å². The highest BCUT2D eigenvalue weighted by molar-refractivity contribution is 6.04. The highest BCUT2D eigenvalue weighted by Gasteiger charge is 2.15. The maximum atomic E-state index is 12.4. The first-order chi connectivity index (χ1) is 19.2. The molecule has 0 aliphatic carbocycles. The fourth-order valence-corrected chi connectivity index (χ4v) is 4.74. The normalized spacial score (nSPS) is 12.3. The van der Waals surface area contributed by atoms with Crippen LogP contribution in [-0.4, -0.2) is 16.6 Å². The number of carbonyl (C=O) groups is 1. The molecule has 4 aromatic carbocycles. The van der Waals surface area contributed by atoms with Crippen LogP contribution in [0, 0.1) is 0 Å². The summed E-state index contributed by atoms with van der Waals surface area (Å²) in [6, 6.07) is 36.2. The van der Waals surface area contributed by atoms with Crippen LogP contribution in [0.1, 0.15) is 33.5 Å². The van der Waals surface area contributed by atoms with Crippen molar-refractivity contribution < 1.29 is 4.79 Å². The van der Waals surface area contributed by atoms with Crippen LogP contribution in [-0.2, 0) is 13.0 Å². The number of anilines is 2. The molecule has 0 unspecified atom stereocenters. The maximum Gasteiger partial charge on any atom is 0.255 e. The van der Waals surface area contributed by atoms with Gasteiger partial charge < -0.3 is 10.6 Å². The third kappa shape index (κ3) is 5.78. The molecule has 5 aromatic rings. The minimum absolute atomic E-state index is 0.110. The van der Waals surface area contributed by atoms with E-state index in [0.717, 1.165) is 57.9 Å². The Bertz CT molecular complexity index is 1610. The molecule has 1 amide bonds. The van der Waals surface area contributed by atoms with E-state index in [0.29, 0.717) is 12.1 Å². The van der Waals surface area contributed by atoms with Crippen molar-refractivity contribution in [3.8, 4) is 11.1 Å². The van der Waals surface area contributed by atoms with E-state index in [1.807, 2.05) is 54.7 Å². The summed E-state index contributed by atoms with van der Waals surface area (Å²) in [5.74, 6) is -0.110. The summed E-state index contributed by atoms with van der Waals surface area (Å²) in [7, 11) is 0. The van der Waals surface area contributed by atoms with Crippen molar-refractivity contribution in [3.05, 3.63) is 144 Å². The van der Waals surface area contributed by atoms with E-state index < -0.39 is 0 Å². The number of aryl methyl sites for hydroxylation is 1. The Labute approximate surface area is 228 Å². The molecule has 0 spiro atoms. The second-order valence-electron chi connectivity index (χ2n) is 9.59. The van der Waals surface area contributed by atoms with Crippen molar-refractivity contribution in [2.45, 2.75) is 19.4 Å². The summed E-state index contributed by atoms with van der Waals surface area (Å²) in [4.78, 5) is 21.6. The van der Waals surface area contributed by atoms with Gasteiger partial charge in [0.2, 0.25) is 0 Å². The third-order valence-electron chi connectivity index (χ3n) is 6.93. The van der Waals surface area contributed by atoms with Gasteiger partial charge in [-0.2, -0.15) is 0 Å². The van der Waals surface area contributed by atoms with Gasteiger partial charge in [0.25, 0.3) is 5.91 Å². The van der Waals surface area contributed by atoms with Crippen LogP contribution in [0.3, 0.4) is 0 Å². The Morgan fingerprint density at radius 2 is 1.49 bits per heavy atom. The summed E-state index contributed by atoms with van der Waals surface area (Å²) in [5.41, 5.74) is 10.4. The summed E-state index contributed by atoms with van der Waals surface area (Å²) < 4.78 is 0. The minimum atomic E-state index is -0.110. The molecule has 1 aliphatic rings. The lowest BCUT2D eigenvalue weighted by Gasteiger charge is -2.17. The van der Waals surface area contributed by atoms with Crippen LogP contribution in [0.25, 0.3) is 11.1 Å². The summed E-state index contributed by atoms with van der Waals surface area (Å²) in [5, 5.41) is 6.43. The number of rotatable bonds is 7. The predicted molar refractivity (Wildman–Crippen MR) is 159 cm³/mol. The van der Waals surface area contributed by atoms with E-state index in [9.17, 15) is 4.79 Å². The average Bonchev–Trinajstić information content (AvgIpc) is 3.01. The van der Waals surface area contributed by atoms with Crippen LogP contribution in [0.5, 0.6) is 0 Å². The van der Waals surface area contributed by atoms with Gasteiger partial charge in [0.05, 0.1) is 5.69 Å². The zero-order valence-electron chi connectivity index (χ0n) is 21.5. The molecule has 2 heterocycles. The monoisotopic (exact) mass is 508 g/mol. The molecule has 0 saturated heterocycles. The number of hydrogen-bond acceptors (Lipinski definition) is 4. The van der Waals surface area contributed by atoms with E-state index in [4.69, 9.17) is 4.99 Å². The zero-order valence-corrected chi connectivity index (χ0v) is 21.5. The lowest BCUT2D eigenvalue weighted by molar-refractivity contribution is 0.102. The Morgan fingerprint density at radius 3 is 2.26 bits per heavy atom. The molecule has 190 valence electrons. The number of amides is 1. The van der Waals surface area contributed by atoms with Gasteiger partial charge in [-0.1, -0.05) is 60.7 Å². The van der Waals surface area contributed by atoms with Gasteiger partial charge in [-0.15, -0.1) is 0 Å². The fourth-order valence-electron chi connectivity index (χ4n) is 4.74. The largest absolute Gasteiger partial charge is 0.381 e. The molecule has 5 nitrogen and oxygen atoms in total. The van der Waals surface area contributed by atoms with Crippen molar-refractivity contribution in [1.82, 2.24) is 4.98 Å². The molecular formula is C34H28N4O. The first-order valence-corrected chi connectivity index (χ1v) is 13.1. The van der Waals surface area contributed by atoms with Gasteiger partial charge in [0.15, 0.2) is 0 Å². The number of nitrogens with zero attached hydrogens (tertiary/aromatic N) is 2. The smallest absolute Gasteiger partial charge is 0.255 e. The average molecular weight is 509 g/mol. The number of pyridine rings is 1. The summed E-state index contributed by atoms with van der Waals surface area (Å²) >= 11 is 0. The van der Waals surface area contributed by atoms with Gasteiger partial charge in [-0.05, 0) is 83.6 Å². The van der Waals surface area contributed by atoms with Crippen molar-refractivity contribution in [1.29, 1.82) is 0 Å². The third-order valence-corrected chi connectivity index (χ3v) is 6.93. The Kier molecular flexibility index (Phi) is 6.95. The summed E-state index contributed by atoms with van der Waals surface area (Å²) in [6.07, 6.45) is 5.60. The minimum Gasteiger partial charge on any atom is -0.381 e. The van der Waals surface area contributed by atoms with Gasteiger partial charge >= 0.3 is 0 Å². The van der Waals surface area contributed by atoms with Crippen LogP contribution in [0.4, 0.5) is 17.1 Å². The molecule has 5 heteroatoms. The molecule has 1 aliphatic heterocycles. The van der Waals surface area contributed by atoms with Crippen molar-refractivity contribution in [3.63, 3.8) is 0 Å². The van der Waals surface area contributed by atoms with E-state index >= 15 is 0 Å². The molecule has 1 aromatic heterocycles. The van der Waals surface area contributed by atoms with Crippen molar-refractivity contribution in [2.75, 3.05) is 10.6 Å². The Hall–Kier alpha value is -5.03. The zero-order chi connectivity index (χ0) is 26.4. The Morgan fingerprint density at radius 1 is 0.718 bits per heavy atom. The second-order valence-corrected chi connectivity index (χ2v) is 9.59. The highest BCUT2D eigenvalue weighted by atomic mass is 16.1. The molecule has 39 heavy (non-hydrogen) atoms. The molecule has 0 radical (unpaired) electrons. The first-order valence-electron chi connectivity index (χ1n) is 13.1. The number of aliphatic imine (C=N–C) groups is 1. The number of benzene rings is 4. The Balaban J connectivity index is 1.08. The van der Waals surface area contributed by atoms with Crippen LogP contribution in [0.2, 0.25) is 0 Å². The lowest BCUT2D eigenvalue weighted by atomic mass is 9.95. The van der Waals surface area contributed by atoms with Crippen molar-refractivity contribution in [2.24, 2.45) is 4.99 Å². The SMILES string of the molecule is O=C(Nc1ccc(CNc2ccc(C3=Nc4cc(-c5cccnc5)ccc4CC3)cc2)cc1)c1ccccc1. The standard InChI is InChI=1S/C34H28N4O/c39-34(27-5-2-1-3-6-27)37-31-15-8-24(9-16-31)22-36-30-17-12-25(13-18-30)32-19-14-26-10-11-28(21-33(26)38-32)29-7-4-20-35-23-29/h1-13,15-18,20-21,23,36H,14,19,22H2,(H,37,39). The van der Waals surface area contributed by atoms with Gasteiger partial charge in [-0.3, -0.25) is 14.8 Å². The maximum absolute atomic E-state index is 12.4. The number of carbonyl (C=O) groups excluding carboxylic acids is 1. The molecular weight excluding hydrogens is 480 g/mol.